The van der Waals surface area contributed by atoms with E-state index in [0.717, 1.165) is 11.5 Å². The molecule has 0 aromatic carbocycles. The number of nitrogen functional groups attached to an aromatic ring is 2. The lowest BCUT2D eigenvalue weighted by Crippen LogP contribution is -2.72. The van der Waals surface area contributed by atoms with Crippen molar-refractivity contribution in [2.45, 2.75) is 29.8 Å². The number of carboxylic acids is 1. The molecule has 2 aromatic heterocycles. The number of rotatable bonds is 6. The highest BCUT2D eigenvalue weighted by Crippen LogP contribution is 2.43. The highest BCUT2D eigenvalue weighted by Gasteiger charge is 2.53. The van der Waals surface area contributed by atoms with E-state index < -0.39 is 35.6 Å². The number of carbonyl (C=O) groups is 3. The Balaban J connectivity index is 1.52. The molecule has 13 nitrogen and oxygen atoms in total. The van der Waals surface area contributed by atoms with E-state index in [-0.39, 0.29) is 16.7 Å². The van der Waals surface area contributed by atoms with Crippen LogP contribution < -0.4 is 16.8 Å². The molecule has 0 spiro atoms. The topological polar surface area (TPSA) is 210 Å². The lowest BCUT2D eigenvalue weighted by molar-refractivity contribution is -0.155. The van der Waals surface area contributed by atoms with Gasteiger partial charge >= 0.3 is 5.97 Å². The summed E-state index contributed by atoms with van der Waals surface area (Å²) in [6, 6.07) is 1.77. The van der Waals surface area contributed by atoms with Crippen LogP contribution in [0.3, 0.4) is 0 Å². The standard InChI is InChI=1S/C17H16N8O5S2/c18-9-4-1-6(5-20-9)31-8-3-2-7-10(15(27)25(7)12(8)16(28)29)21-14(26)11(23-30)13-22-17(19)32-24-13/h1,4-5,7,10,30H,2-3H2,(H2,18,20)(H,21,26)(H,28,29)(H2,19,22,24)/b23-11-/t7-,10+/m1/s1. The second-order valence-electron chi connectivity index (χ2n) is 6.77. The summed E-state index contributed by atoms with van der Waals surface area (Å²) in [6.45, 7) is 0. The monoisotopic (exact) mass is 476 g/mol. The van der Waals surface area contributed by atoms with Gasteiger partial charge < -0.3 is 27.1 Å². The number of allylic oxidation sites excluding steroid dienone is 1. The number of hydrogen-bond acceptors (Lipinski definition) is 12. The molecule has 0 radical (unpaired) electrons. The van der Waals surface area contributed by atoms with Crippen LogP contribution in [0.1, 0.15) is 18.7 Å². The summed E-state index contributed by atoms with van der Waals surface area (Å²) in [6.07, 6.45) is 2.32. The number of aliphatic carboxylic acids is 1. The smallest absolute Gasteiger partial charge is 0.353 e. The third kappa shape index (κ3) is 3.82. The fourth-order valence-electron chi connectivity index (χ4n) is 3.45. The van der Waals surface area contributed by atoms with Crippen molar-refractivity contribution in [3.05, 3.63) is 34.8 Å². The van der Waals surface area contributed by atoms with Gasteiger partial charge in [0.1, 0.15) is 17.6 Å². The number of nitrogens with zero attached hydrogens (tertiary/aromatic N) is 5. The Morgan fingerprint density at radius 2 is 2.12 bits per heavy atom. The number of nitrogens with two attached hydrogens (primary N) is 2. The first kappa shape index (κ1) is 21.5. The summed E-state index contributed by atoms with van der Waals surface area (Å²) in [5.41, 5.74) is 10.4. The Hall–Kier alpha value is -3.72. The van der Waals surface area contributed by atoms with Crippen LogP contribution >= 0.6 is 23.3 Å². The molecule has 32 heavy (non-hydrogen) atoms. The van der Waals surface area contributed by atoms with Crippen LogP contribution in [0.25, 0.3) is 0 Å². The second kappa shape index (κ2) is 8.43. The fourth-order valence-corrected chi connectivity index (χ4v) is 4.92. The number of nitrogens with one attached hydrogen (secondary N) is 1. The number of anilines is 2. The van der Waals surface area contributed by atoms with Crippen LogP contribution in [0.2, 0.25) is 0 Å². The third-order valence-electron chi connectivity index (χ3n) is 4.85. The van der Waals surface area contributed by atoms with E-state index in [2.05, 4.69) is 24.8 Å². The maximum atomic E-state index is 12.8. The van der Waals surface area contributed by atoms with Crippen molar-refractivity contribution < 1.29 is 24.7 Å². The van der Waals surface area contributed by atoms with Crippen molar-refractivity contribution in [2.24, 2.45) is 5.16 Å². The van der Waals surface area contributed by atoms with Crippen molar-refractivity contribution in [3.63, 3.8) is 0 Å². The predicted octanol–water partition coefficient (Wildman–Crippen LogP) is -0.146. The van der Waals surface area contributed by atoms with Crippen LogP contribution in [0.4, 0.5) is 10.9 Å². The van der Waals surface area contributed by atoms with E-state index in [0.29, 0.717) is 28.5 Å². The quantitative estimate of drug-likeness (QED) is 0.160. The van der Waals surface area contributed by atoms with Crippen LogP contribution in [0, 0.1) is 0 Å². The molecular formula is C17H16N8O5S2. The first-order valence-electron chi connectivity index (χ1n) is 9.11. The van der Waals surface area contributed by atoms with Gasteiger partial charge in [-0.25, -0.2) is 9.78 Å². The largest absolute Gasteiger partial charge is 0.477 e. The molecule has 15 heteroatoms. The van der Waals surface area contributed by atoms with Crippen molar-refractivity contribution in [1.29, 1.82) is 0 Å². The minimum Gasteiger partial charge on any atom is -0.477 e. The SMILES string of the molecule is Nc1ccc(SC2=C(C(=O)O)N3C(=O)[C@@H](NC(=O)/C(=N\O)c4nsc(N)n4)[C@H]3CC2)cn1. The van der Waals surface area contributed by atoms with Crippen molar-refractivity contribution >= 4 is 57.7 Å². The molecule has 2 aliphatic heterocycles. The van der Waals surface area contributed by atoms with Crippen molar-refractivity contribution in [3.8, 4) is 0 Å². The van der Waals surface area contributed by atoms with Gasteiger partial charge in [-0.1, -0.05) is 16.9 Å². The molecule has 1 saturated heterocycles. The van der Waals surface area contributed by atoms with E-state index in [9.17, 15) is 24.7 Å². The van der Waals surface area contributed by atoms with E-state index >= 15 is 0 Å². The van der Waals surface area contributed by atoms with Gasteiger partial charge in [0, 0.05) is 27.5 Å². The summed E-state index contributed by atoms with van der Waals surface area (Å²) < 4.78 is 3.81. The first-order chi connectivity index (χ1) is 15.3. The van der Waals surface area contributed by atoms with Gasteiger partial charge in [0.15, 0.2) is 5.13 Å². The number of carboxylic acid groups (broad SMARTS) is 1. The van der Waals surface area contributed by atoms with E-state index in [4.69, 9.17) is 11.5 Å². The van der Waals surface area contributed by atoms with Gasteiger partial charge in [-0.15, -0.1) is 0 Å². The van der Waals surface area contributed by atoms with Crippen molar-refractivity contribution in [2.75, 3.05) is 11.5 Å². The fraction of sp³-hybridized carbons (Fsp3) is 0.235. The molecule has 2 amide bonds. The average molecular weight is 477 g/mol. The maximum Gasteiger partial charge on any atom is 0.353 e. The molecule has 4 heterocycles. The summed E-state index contributed by atoms with van der Waals surface area (Å²) >= 11 is 2.01. The molecule has 0 unspecified atom stereocenters. The number of amides is 2. The Labute approximate surface area is 188 Å². The van der Waals surface area contributed by atoms with Crippen LogP contribution in [-0.4, -0.2) is 65.1 Å². The summed E-state index contributed by atoms with van der Waals surface area (Å²) in [5, 5.41) is 24.4. The molecule has 0 saturated carbocycles. The molecule has 2 atom stereocenters. The zero-order valence-electron chi connectivity index (χ0n) is 16.1. The summed E-state index contributed by atoms with van der Waals surface area (Å²) in [4.78, 5) is 47.3. The molecular weight excluding hydrogens is 460 g/mol. The molecule has 0 aliphatic carbocycles. The number of pyridine rings is 1. The zero-order chi connectivity index (χ0) is 23.0. The average Bonchev–Trinajstić information content (AvgIpc) is 3.19. The minimum atomic E-state index is -1.25. The number of fused-ring (bicyclic) bond motifs is 1. The highest BCUT2D eigenvalue weighted by atomic mass is 32.2. The number of β-lactam (4-membered cyclic amide) rings is 1. The van der Waals surface area contributed by atoms with Gasteiger partial charge in [-0.3, -0.25) is 14.5 Å². The molecule has 166 valence electrons. The van der Waals surface area contributed by atoms with Gasteiger partial charge in [0.2, 0.25) is 11.5 Å². The Kier molecular flexibility index (Phi) is 5.67. The van der Waals surface area contributed by atoms with E-state index in [1.165, 1.54) is 22.9 Å². The Morgan fingerprint density at radius 1 is 1.34 bits per heavy atom. The molecule has 2 aliphatic rings. The lowest BCUT2D eigenvalue weighted by atomic mass is 9.86. The predicted molar refractivity (Wildman–Crippen MR) is 114 cm³/mol. The second-order valence-corrected chi connectivity index (χ2v) is 8.72. The molecule has 7 N–H and O–H groups in total. The normalized spacial score (nSPS) is 20.6. The van der Waals surface area contributed by atoms with Crippen LogP contribution in [0.15, 0.2) is 39.0 Å². The first-order valence-corrected chi connectivity index (χ1v) is 10.7. The van der Waals surface area contributed by atoms with Gasteiger partial charge in [-0.05, 0) is 25.0 Å². The van der Waals surface area contributed by atoms with Gasteiger partial charge in [0.05, 0.1) is 6.04 Å². The number of hydrogen-bond donors (Lipinski definition) is 5. The minimum absolute atomic E-state index is 0.0738. The zero-order valence-corrected chi connectivity index (χ0v) is 17.8. The number of carbonyl (C=O) groups excluding carboxylic acids is 2. The van der Waals surface area contributed by atoms with Gasteiger partial charge in [0.25, 0.3) is 11.8 Å². The lowest BCUT2D eigenvalue weighted by Gasteiger charge is -2.50. The Morgan fingerprint density at radius 3 is 2.72 bits per heavy atom. The van der Waals surface area contributed by atoms with E-state index in [1.54, 1.807) is 12.1 Å². The van der Waals surface area contributed by atoms with Crippen LogP contribution in [-0.2, 0) is 14.4 Å². The van der Waals surface area contributed by atoms with E-state index in [1.807, 2.05) is 0 Å². The summed E-state index contributed by atoms with van der Waals surface area (Å²) in [7, 11) is 0. The van der Waals surface area contributed by atoms with Gasteiger partial charge in [-0.2, -0.15) is 9.36 Å². The molecule has 2 aromatic rings. The highest BCUT2D eigenvalue weighted by molar-refractivity contribution is 8.03. The molecule has 1 fully saturated rings. The number of aromatic nitrogens is 3. The molecule has 4 rings (SSSR count). The molecule has 0 bridgehead atoms. The summed E-state index contributed by atoms with van der Waals surface area (Å²) in [5.74, 6) is -2.56. The van der Waals surface area contributed by atoms with Crippen LogP contribution in [0.5, 0.6) is 0 Å². The maximum absolute atomic E-state index is 12.8. The van der Waals surface area contributed by atoms with Crippen molar-refractivity contribution in [1.82, 2.24) is 24.6 Å². The number of oxime groups is 1. The number of thioether (sulfide) groups is 1. The Bertz CT molecular complexity index is 1160. The third-order valence-corrected chi connectivity index (χ3v) is 6.51.